The average molecular weight is 256 g/mol. The highest BCUT2D eigenvalue weighted by Gasteiger charge is 2.15. The van der Waals surface area contributed by atoms with E-state index >= 15 is 0 Å². The summed E-state index contributed by atoms with van der Waals surface area (Å²) < 4.78 is 38.8. The van der Waals surface area contributed by atoms with E-state index in [4.69, 9.17) is 5.26 Å². The van der Waals surface area contributed by atoms with Crippen molar-refractivity contribution in [3.63, 3.8) is 0 Å². The normalized spacial score (nSPS) is 11.1. The highest BCUT2D eigenvalue weighted by Crippen LogP contribution is 2.22. The lowest BCUT2D eigenvalue weighted by atomic mass is 9.90. The van der Waals surface area contributed by atoms with E-state index in [-0.39, 0.29) is 5.69 Å². The van der Waals surface area contributed by atoms with E-state index in [1.54, 1.807) is 0 Å². The number of halogens is 3. The molecule has 2 nitrogen and oxygen atoms in total. The number of anilines is 1. The molecule has 0 aliphatic heterocycles. The monoisotopic (exact) mass is 256 g/mol. The van der Waals surface area contributed by atoms with Crippen molar-refractivity contribution >= 4 is 5.69 Å². The Morgan fingerprint density at radius 1 is 1.17 bits per heavy atom. The molecule has 0 aromatic heterocycles. The first kappa shape index (κ1) is 14.4. The SMILES string of the molecule is CC(C)(C#N)CCCNc1cc(F)c(F)cc1F. The summed E-state index contributed by atoms with van der Waals surface area (Å²) in [7, 11) is 0. The van der Waals surface area contributed by atoms with Gasteiger partial charge in [0.15, 0.2) is 11.6 Å². The van der Waals surface area contributed by atoms with Crippen LogP contribution in [-0.4, -0.2) is 6.54 Å². The van der Waals surface area contributed by atoms with Crippen molar-refractivity contribution in [1.82, 2.24) is 0 Å². The fourth-order valence-corrected chi connectivity index (χ4v) is 1.47. The lowest BCUT2D eigenvalue weighted by Crippen LogP contribution is -2.11. The zero-order valence-electron chi connectivity index (χ0n) is 10.4. The van der Waals surface area contributed by atoms with Gasteiger partial charge in [-0.3, -0.25) is 0 Å². The van der Waals surface area contributed by atoms with Crippen LogP contribution in [0.1, 0.15) is 26.7 Å². The summed E-state index contributed by atoms with van der Waals surface area (Å²) in [6.45, 7) is 4.02. The molecule has 0 spiro atoms. The predicted octanol–water partition coefficient (Wildman–Crippen LogP) is 3.85. The minimum absolute atomic E-state index is 0.0661. The molecule has 1 rings (SSSR count). The Morgan fingerprint density at radius 2 is 1.78 bits per heavy atom. The van der Waals surface area contributed by atoms with Gasteiger partial charge in [0, 0.05) is 18.7 Å². The average Bonchev–Trinajstić information content (AvgIpc) is 2.31. The molecular formula is C13H15F3N2. The largest absolute Gasteiger partial charge is 0.383 e. The number of benzene rings is 1. The van der Waals surface area contributed by atoms with Crippen molar-refractivity contribution in [3.8, 4) is 6.07 Å². The van der Waals surface area contributed by atoms with Crippen LogP contribution >= 0.6 is 0 Å². The number of rotatable bonds is 5. The molecule has 0 atom stereocenters. The zero-order valence-corrected chi connectivity index (χ0v) is 10.4. The summed E-state index contributed by atoms with van der Waals surface area (Å²) >= 11 is 0. The van der Waals surface area contributed by atoms with Gasteiger partial charge in [0.1, 0.15) is 5.82 Å². The van der Waals surface area contributed by atoms with Gasteiger partial charge in [-0.25, -0.2) is 13.2 Å². The molecule has 0 saturated heterocycles. The third-order valence-corrected chi connectivity index (χ3v) is 2.61. The van der Waals surface area contributed by atoms with Crippen molar-refractivity contribution in [1.29, 1.82) is 5.26 Å². The van der Waals surface area contributed by atoms with Crippen LogP contribution in [-0.2, 0) is 0 Å². The van der Waals surface area contributed by atoms with Crippen LogP contribution in [0.2, 0.25) is 0 Å². The molecule has 0 heterocycles. The molecule has 0 saturated carbocycles. The topological polar surface area (TPSA) is 35.8 Å². The standard InChI is InChI=1S/C13H15F3N2/c1-13(2,8-17)4-3-5-18-12-7-10(15)9(14)6-11(12)16/h6-7,18H,3-5H2,1-2H3. The number of nitriles is 1. The number of hydrogen-bond donors (Lipinski definition) is 1. The van der Waals surface area contributed by atoms with Crippen LogP contribution in [0.25, 0.3) is 0 Å². The van der Waals surface area contributed by atoms with E-state index in [0.717, 1.165) is 6.07 Å². The lowest BCUT2D eigenvalue weighted by molar-refractivity contribution is 0.441. The molecule has 18 heavy (non-hydrogen) atoms. The van der Waals surface area contributed by atoms with Crippen molar-refractivity contribution in [2.45, 2.75) is 26.7 Å². The molecule has 5 heteroatoms. The van der Waals surface area contributed by atoms with Crippen LogP contribution in [0, 0.1) is 34.2 Å². The Hall–Kier alpha value is -1.70. The molecule has 1 N–H and O–H groups in total. The van der Waals surface area contributed by atoms with Gasteiger partial charge < -0.3 is 5.32 Å². The van der Waals surface area contributed by atoms with Gasteiger partial charge in [0.05, 0.1) is 17.2 Å². The summed E-state index contributed by atoms with van der Waals surface area (Å²) in [4.78, 5) is 0. The molecule has 0 bridgehead atoms. The van der Waals surface area contributed by atoms with Crippen molar-refractivity contribution in [2.75, 3.05) is 11.9 Å². The molecule has 98 valence electrons. The first-order valence-electron chi connectivity index (χ1n) is 5.65. The zero-order chi connectivity index (χ0) is 13.8. The number of hydrogen-bond acceptors (Lipinski definition) is 2. The quantitative estimate of drug-likeness (QED) is 0.641. The Morgan fingerprint density at radius 3 is 2.39 bits per heavy atom. The first-order valence-corrected chi connectivity index (χ1v) is 5.65. The van der Waals surface area contributed by atoms with Crippen LogP contribution in [0.3, 0.4) is 0 Å². The smallest absolute Gasteiger partial charge is 0.161 e. The van der Waals surface area contributed by atoms with Gasteiger partial charge in [-0.05, 0) is 26.7 Å². The minimum atomic E-state index is -1.20. The van der Waals surface area contributed by atoms with Gasteiger partial charge >= 0.3 is 0 Å². The van der Waals surface area contributed by atoms with E-state index in [1.165, 1.54) is 0 Å². The van der Waals surface area contributed by atoms with E-state index in [2.05, 4.69) is 11.4 Å². The molecule has 1 aromatic carbocycles. The van der Waals surface area contributed by atoms with Crippen molar-refractivity contribution < 1.29 is 13.2 Å². The third-order valence-electron chi connectivity index (χ3n) is 2.61. The molecule has 0 amide bonds. The highest BCUT2D eigenvalue weighted by atomic mass is 19.2. The third kappa shape index (κ3) is 3.95. The Labute approximate surface area is 104 Å². The van der Waals surface area contributed by atoms with Gasteiger partial charge in [-0.15, -0.1) is 0 Å². The first-order chi connectivity index (χ1) is 8.35. The second-order valence-corrected chi connectivity index (χ2v) is 4.77. The predicted molar refractivity (Wildman–Crippen MR) is 63.4 cm³/mol. The van der Waals surface area contributed by atoms with Gasteiger partial charge in [-0.1, -0.05) is 0 Å². The molecule has 0 unspecified atom stereocenters. The number of nitrogens with one attached hydrogen (secondary N) is 1. The summed E-state index contributed by atoms with van der Waals surface area (Å²) in [5.41, 5.74) is -0.502. The summed E-state index contributed by atoms with van der Waals surface area (Å²) in [6.07, 6.45) is 1.28. The van der Waals surface area contributed by atoms with Crippen LogP contribution < -0.4 is 5.32 Å². The van der Waals surface area contributed by atoms with Gasteiger partial charge in [0.2, 0.25) is 0 Å². The van der Waals surface area contributed by atoms with Crippen molar-refractivity contribution in [2.24, 2.45) is 5.41 Å². The minimum Gasteiger partial charge on any atom is -0.383 e. The molecule has 0 aliphatic rings. The summed E-state index contributed by atoms with van der Waals surface area (Å²) in [6, 6.07) is 3.46. The molecule has 1 aromatic rings. The van der Waals surface area contributed by atoms with Crippen molar-refractivity contribution in [3.05, 3.63) is 29.6 Å². The van der Waals surface area contributed by atoms with Gasteiger partial charge in [0.25, 0.3) is 0 Å². The molecule has 0 fully saturated rings. The second-order valence-electron chi connectivity index (χ2n) is 4.77. The maximum Gasteiger partial charge on any atom is 0.161 e. The van der Waals surface area contributed by atoms with E-state index in [1.807, 2.05) is 13.8 Å². The fourth-order valence-electron chi connectivity index (χ4n) is 1.47. The van der Waals surface area contributed by atoms with Crippen LogP contribution in [0.4, 0.5) is 18.9 Å². The maximum absolute atomic E-state index is 13.2. The molecule has 0 aliphatic carbocycles. The Kier molecular flexibility index (Phi) is 4.60. The Bertz CT molecular complexity index is 464. The van der Waals surface area contributed by atoms with Crippen LogP contribution in [0.15, 0.2) is 12.1 Å². The van der Waals surface area contributed by atoms with E-state index < -0.39 is 22.9 Å². The summed E-state index contributed by atoms with van der Waals surface area (Å²) in [5, 5.41) is 11.5. The van der Waals surface area contributed by atoms with E-state index in [0.29, 0.717) is 25.5 Å². The molecule has 0 radical (unpaired) electrons. The second kappa shape index (κ2) is 5.76. The number of nitrogens with zero attached hydrogens (tertiary/aromatic N) is 1. The fraction of sp³-hybridized carbons (Fsp3) is 0.462. The Balaban J connectivity index is 2.50. The maximum atomic E-state index is 13.2. The summed E-state index contributed by atoms with van der Waals surface area (Å²) in [5.74, 6) is -3.12. The molecular weight excluding hydrogens is 241 g/mol. The lowest BCUT2D eigenvalue weighted by Gasteiger charge is -2.15. The highest BCUT2D eigenvalue weighted by molar-refractivity contribution is 5.45. The van der Waals surface area contributed by atoms with Gasteiger partial charge in [-0.2, -0.15) is 5.26 Å². The van der Waals surface area contributed by atoms with Crippen LogP contribution in [0.5, 0.6) is 0 Å². The van der Waals surface area contributed by atoms with E-state index in [9.17, 15) is 13.2 Å².